The Morgan fingerprint density at radius 1 is 1.25 bits per heavy atom. The number of hydrogen-bond acceptors (Lipinski definition) is 2. The molecule has 1 aromatic rings. The maximum Gasteiger partial charge on any atom is 0.321 e. The van der Waals surface area contributed by atoms with Crippen molar-refractivity contribution in [3.05, 3.63) is 34.9 Å². The van der Waals surface area contributed by atoms with Gasteiger partial charge in [-0.25, -0.2) is 0 Å². The summed E-state index contributed by atoms with van der Waals surface area (Å²) >= 11 is 0. The Morgan fingerprint density at radius 2 is 1.69 bits per heavy atom. The molecular weight excluding hydrogens is 202 g/mol. The standard InChI is InChI=1S/C13H19NO2/c1-8-5-9(2)7-10(6-8)13(3,4)11(14)12(15)16/h5-7,11H,14H2,1-4H3,(H,15,16). The Labute approximate surface area is 96.3 Å². The first-order valence-corrected chi connectivity index (χ1v) is 5.32. The van der Waals surface area contributed by atoms with Gasteiger partial charge in [0, 0.05) is 5.41 Å². The van der Waals surface area contributed by atoms with Crippen LogP contribution in [0.3, 0.4) is 0 Å². The molecule has 1 atom stereocenters. The Bertz CT molecular complexity index is 390. The van der Waals surface area contributed by atoms with Gasteiger partial charge in [-0.15, -0.1) is 0 Å². The number of carboxylic acid groups (broad SMARTS) is 1. The lowest BCUT2D eigenvalue weighted by Crippen LogP contribution is -2.46. The molecule has 0 fully saturated rings. The summed E-state index contributed by atoms with van der Waals surface area (Å²) < 4.78 is 0. The van der Waals surface area contributed by atoms with Crippen LogP contribution in [0.4, 0.5) is 0 Å². The number of carboxylic acids is 1. The predicted molar refractivity (Wildman–Crippen MR) is 64.6 cm³/mol. The second-order valence-electron chi connectivity index (χ2n) is 4.91. The minimum Gasteiger partial charge on any atom is -0.480 e. The van der Waals surface area contributed by atoms with Gasteiger partial charge in [0.05, 0.1) is 0 Å². The molecule has 0 aromatic heterocycles. The van der Waals surface area contributed by atoms with Crippen molar-refractivity contribution in [1.29, 1.82) is 0 Å². The van der Waals surface area contributed by atoms with Crippen molar-refractivity contribution in [2.75, 3.05) is 0 Å². The van der Waals surface area contributed by atoms with Gasteiger partial charge in [-0.1, -0.05) is 43.2 Å². The third-order valence-electron chi connectivity index (χ3n) is 3.01. The highest BCUT2D eigenvalue weighted by atomic mass is 16.4. The van der Waals surface area contributed by atoms with E-state index in [1.54, 1.807) is 0 Å². The first-order valence-electron chi connectivity index (χ1n) is 5.32. The Morgan fingerprint density at radius 3 is 2.06 bits per heavy atom. The highest BCUT2D eigenvalue weighted by molar-refractivity contribution is 5.75. The molecule has 1 aromatic carbocycles. The number of aryl methyl sites for hydroxylation is 2. The van der Waals surface area contributed by atoms with Crippen LogP contribution in [0.5, 0.6) is 0 Å². The van der Waals surface area contributed by atoms with E-state index in [1.165, 1.54) is 0 Å². The molecule has 3 nitrogen and oxygen atoms in total. The number of benzene rings is 1. The molecular formula is C13H19NO2. The van der Waals surface area contributed by atoms with Gasteiger partial charge in [0.15, 0.2) is 0 Å². The summed E-state index contributed by atoms with van der Waals surface area (Å²) in [6, 6.07) is 5.16. The van der Waals surface area contributed by atoms with Gasteiger partial charge < -0.3 is 10.8 Å². The van der Waals surface area contributed by atoms with Crippen molar-refractivity contribution in [2.45, 2.75) is 39.2 Å². The Kier molecular flexibility index (Phi) is 3.38. The van der Waals surface area contributed by atoms with Crippen molar-refractivity contribution >= 4 is 5.97 Å². The SMILES string of the molecule is Cc1cc(C)cc(C(C)(C)C(N)C(=O)O)c1. The lowest BCUT2D eigenvalue weighted by Gasteiger charge is -2.29. The quantitative estimate of drug-likeness (QED) is 0.820. The number of hydrogen-bond donors (Lipinski definition) is 2. The molecule has 0 saturated heterocycles. The molecule has 88 valence electrons. The van der Waals surface area contributed by atoms with Gasteiger partial charge in [0.2, 0.25) is 0 Å². The molecule has 0 amide bonds. The van der Waals surface area contributed by atoms with Gasteiger partial charge in [-0.3, -0.25) is 4.79 Å². The zero-order valence-corrected chi connectivity index (χ0v) is 10.2. The Balaban J connectivity index is 3.20. The molecule has 3 N–H and O–H groups in total. The van der Waals surface area contributed by atoms with Crippen LogP contribution in [0.15, 0.2) is 18.2 Å². The summed E-state index contributed by atoms with van der Waals surface area (Å²) in [4.78, 5) is 11.0. The van der Waals surface area contributed by atoms with E-state index in [0.29, 0.717) is 0 Å². The minimum atomic E-state index is -0.968. The van der Waals surface area contributed by atoms with Crippen molar-refractivity contribution in [3.8, 4) is 0 Å². The molecule has 1 unspecified atom stereocenters. The van der Waals surface area contributed by atoms with Gasteiger partial charge in [-0.2, -0.15) is 0 Å². The van der Waals surface area contributed by atoms with E-state index in [4.69, 9.17) is 10.8 Å². The maximum absolute atomic E-state index is 11.0. The van der Waals surface area contributed by atoms with E-state index in [9.17, 15) is 4.79 Å². The van der Waals surface area contributed by atoms with Crippen molar-refractivity contribution in [1.82, 2.24) is 0 Å². The second kappa shape index (κ2) is 4.26. The number of rotatable bonds is 3. The van der Waals surface area contributed by atoms with Crippen LogP contribution in [-0.4, -0.2) is 17.1 Å². The summed E-state index contributed by atoms with van der Waals surface area (Å²) in [5.41, 5.74) is 8.38. The number of nitrogens with two attached hydrogens (primary N) is 1. The van der Waals surface area contributed by atoms with Crippen molar-refractivity contribution in [2.24, 2.45) is 5.73 Å². The smallest absolute Gasteiger partial charge is 0.321 e. The highest BCUT2D eigenvalue weighted by Crippen LogP contribution is 2.28. The molecule has 0 spiro atoms. The van der Waals surface area contributed by atoms with Gasteiger partial charge in [0.25, 0.3) is 0 Å². The fourth-order valence-electron chi connectivity index (χ4n) is 1.83. The third kappa shape index (κ3) is 2.42. The van der Waals surface area contributed by atoms with Crippen LogP contribution in [0, 0.1) is 13.8 Å². The summed E-state index contributed by atoms with van der Waals surface area (Å²) in [6.45, 7) is 7.72. The van der Waals surface area contributed by atoms with E-state index in [1.807, 2.05) is 39.8 Å². The van der Waals surface area contributed by atoms with E-state index in [-0.39, 0.29) is 0 Å². The fraction of sp³-hybridized carbons (Fsp3) is 0.462. The van der Waals surface area contributed by atoms with Crippen LogP contribution in [0.2, 0.25) is 0 Å². The van der Waals surface area contributed by atoms with E-state index in [0.717, 1.165) is 16.7 Å². The molecule has 0 saturated carbocycles. The first kappa shape index (κ1) is 12.7. The largest absolute Gasteiger partial charge is 0.480 e. The van der Waals surface area contributed by atoms with Gasteiger partial charge in [0.1, 0.15) is 6.04 Å². The zero-order valence-electron chi connectivity index (χ0n) is 10.2. The lowest BCUT2D eigenvalue weighted by atomic mass is 9.77. The summed E-state index contributed by atoms with van der Waals surface area (Å²) in [6.07, 6.45) is 0. The molecule has 0 aliphatic heterocycles. The minimum absolute atomic E-state index is 0.567. The average Bonchev–Trinajstić information content (AvgIpc) is 2.14. The second-order valence-corrected chi connectivity index (χ2v) is 4.91. The topological polar surface area (TPSA) is 63.3 Å². The van der Waals surface area contributed by atoms with Crippen LogP contribution in [0.1, 0.15) is 30.5 Å². The summed E-state index contributed by atoms with van der Waals surface area (Å²) in [7, 11) is 0. The van der Waals surface area contributed by atoms with E-state index in [2.05, 4.69) is 6.07 Å². The lowest BCUT2D eigenvalue weighted by molar-refractivity contribution is -0.140. The van der Waals surface area contributed by atoms with Crippen molar-refractivity contribution < 1.29 is 9.90 Å². The Hall–Kier alpha value is -1.35. The zero-order chi connectivity index (χ0) is 12.5. The van der Waals surface area contributed by atoms with Crippen LogP contribution >= 0.6 is 0 Å². The number of aliphatic carboxylic acids is 1. The van der Waals surface area contributed by atoms with Crippen LogP contribution in [-0.2, 0) is 10.2 Å². The molecule has 0 heterocycles. The highest BCUT2D eigenvalue weighted by Gasteiger charge is 2.33. The molecule has 0 aliphatic carbocycles. The predicted octanol–water partition coefficient (Wildman–Crippen LogP) is 1.99. The van der Waals surface area contributed by atoms with Gasteiger partial charge in [-0.05, 0) is 19.4 Å². The first-order chi connectivity index (χ1) is 7.25. The van der Waals surface area contributed by atoms with Crippen molar-refractivity contribution in [3.63, 3.8) is 0 Å². The third-order valence-corrected chi connectivity index (χ3v) is 3.01. The molecule has 0 radical (unpaired) electrons. The average molecular weight is 221 g/mol. The van der Waals surface area contributed by atoms with E-state index >= 15 is 0 Å². The summed E-state index contributed by atoms with van der Waals surface area (Å²) in [5.74, 6) is -0.968. The molecule has 0 bridgehead atoms. The van der Waals surface area contributed by atoms with E-state index < -0.39 is 17.4 Å². The molecule has 3 heteroatoms. The molecule has 0 aliphatic rings. The van der Waals surface area contributed by atoms with Gasteiger partial charge >= 0.3 is 5.97 Å². The summed E-state index contributed by atoms with van der Waals surface area (Å²) in [5, 5.41) is 8.99. The monoisotopic (exact) mass is 221 g/mol. The molecule has 1 rings (SSSR count). The number of carbonyl (C=O) groups is 1. The maximum atomic E-state index is 11.0. The van der Waals surface area contributed by atoms with Crippen LogP contribution in [0.25, 0.3) is 0 Å². The fourth-order valence-corrected chi connectivity index (χ4v) is 1.83. The normalized spacial score (nSPS) is 13.6. The van der Waals surface area contributed by atoms with Crippen LogP contribution < -0.4 is 5.73 Å². The molecule has 16 heavy (non-hydrogen) atoms.